The van der Waals surface area contributed by atoms with E-state index in [0.717, 1.165) is 42.3 Å². The maximum Gasteiger partial charge on any atom is 0.160 e. The predicted octanol–water partition coefficient (Wildman–Crippen LogP) is 2.97. The standard InChI is InChI=1S/C14H19N3S/c1-4-15-7-5-13-10(2)16-14(17-11(13)3)12-6-8-18-9-12/h6,8-9,15H,4-5,7H2,1-3H3. The summed E-state index contributed by atoms with van der Waals surface area (Å²) in [5, 5.41) is 7.49. The van der Waals surface area contributed by atoms with Crippen molar-refractivity contribution in [1.29, 1.82) is 0 Å². The van der Waals surface area contributed by atoms with E-state index in [9.17, 15) is 0 Å². The molecule has 0 radical (unpaired) electrons. The maximum atomic E-state index is 4.62. The monoisotopic (exact) mass is 261 g/mol. The van der Waals surface area contributed by atoms with Crippen molar-refractivity contribution in [2.75, 3.05) is 13.1 Å². The Kier molecular flexibility index (Phi) is 4.44. The zero-order valence-corrected chi connectivity index (χ0v) is 12.0. The van der Waals surface area contributed by atoms with E-state index in [1.165, 1.54) is 5.56 Å². The summed E-state index contributed by atoms with van der Waals surface area (Å²) in [6.07, 6.45) is 0.995. The molecule has 2 aromatic heterocycles. The van der Waals surface area contributed by atoms with Gasteiger partial charge in [0, 0.05) is 22.3 Å². The smallest absolute Gasteiger partial charge is 0.160 e. The van der Waals surface area contributed by atoms with Crippen molar-refractivity contribution in [3.8, 4) is 11.4 Å². The van der Waals surface area contributed by atoms with Crippen LogP contribution < -0.4 is 5.32 Å². The largest absolute Gasteiger partial charge is 0.317 e. The van der Waals surface area contributed by atoms with Gasteiger partial charge in [-0.05, 0) is 50.4 Å². The van der Waals surface area contributed by atoms with E-state index in [4.69, 9.17) is 0 Å². The first-order chi connectivity index (χ1) is 8.72. The van der Waals surface area contributed by atoms with Crippen LogP contribution in [0.1, 0.15) is 23.9 Å². The second-order valence-corrected chi connectivity index (χ2v) is 5.09. The predicted molar refractivity (Wildman–Crippen MR) is 77.1 cm³/mol. The van der Waals surface area contributed by atoms with E-state index in [2.05, 4.69) is 52.9 Å². The molecule has 0 aromatic carbocycles. The lowest BCUT2D eigenvalue weighted by Crippen LogP contribution is -2.17. The van der Waals surface area contributed by atoms with E-state index in [-0.39, 0.29) is 0 Å². The van der Waals surface area contributed by atoms with Gasteiger partial charge in [-0.15, -0.1) is 0 Å². The third kappa shape index (κ3) is 2.94. The van der Waals surface area contributed by atoms with Crippen molar-refractivity contribution in [2.24, 2.45) is 0 Å². The molecule has 0 aliphatic rings. The number of hydrogen-bond acceptors (Lipinski definition) is 4. The fraction of sp³-hybridized carbons (Fsp3) is 0.429. The fourth-order valence-corrected chi connectivity index (χ4v) is 2.65. The molecule has 0 unspecified atom stereocenters. The lowest BCUT2D eigenvalue weighted by molar-refractivity contribution is 0.708. The number of rotatable bonds is 5. The number of hydrogen-bond donors (Lipinski definition) is 1. The first kappa shape index (κ1) is 13.2. The van der Waals surface area contributed by atoms with Crippen molar-refractivity contribution in [3.05, 3.63) is 33.8 Å². The molecule has 0 saturated heterocycles. The molecule has 2 heterocycles. The second kappa shape index (κ2) is 6.07. The summed E-state index contributed by atoms with van der Waals surface area (Å²) < 4.78 is 0. The highest BCUT2D eigenvalue weighted by atomic mass is 32.1. The third-order valence-electron chi connectivity index (χ3n) is 3.00. The van der Waals surface area contributed by atoms with Crippen LogP contribution in [0.15, 0.2) is 16.8 Å². The van der Waals surface area contributed by atoms with Crippen molar-refractivity contribution in [2.45, 2.75) is 27.2 Å². The molecule has 2 aromatic rings. The topological polar surface area (TPSA) is 37.8 Å². The van der Waals surface area contributed by atoms with Gasteiger partial charge in [0.2, 0.25) is 0 Å². The number of nitrogens with zero attached hydrogens (tertiary/aromatic N) is 2. The van der Waals surface area contributed by atoms with Gasteiger partial charge in [0.25, 0.3) is 0 Å². The minimum absolute atomic E-state index is 0.846. The Morgan fingerprint density at radius 3 is 2.50 bits per heavy atom. The highest BCUT2D eigenvalue weighted by Crippen LogP contribution is 2.21. The van der Waals surface area contributed by atoms with Gasteiger partial charge in [-0.3, -0.25) is 0 Å². The van der Waals surface area contributed by atoms with Gasteiger partial charge >= 0.3 is 0 Å². The molecule has 0 aliphatic heterocycles. The van der Waals surface area contributed by atoms with Gasteiger partial charge in [-0.25, -0.2) is 9.97 Å². The van der Waals surface area contributed by atoms with Crippen LogP contribution in [0.5, 0.6) is 0 Å². The molecule has 0 bridgehead atoms. The molecule has 4 heteroatoms. The van der Waals surface area contributed by atoms with E-state index in [1.54, 1.807) is 11.3 Å². The molecule has 2 rings (SSSR count). The molecular formula is C14H19N3S. The van der Waals surface area contributed by atoms with Crippen LogP contribution in [-0.4, -0.2) is 23.1 Å². The first-order valence-electron chi connectivity index (χ1n) is 6.29. The SMILES string of the molecule is CCNCCc1c(C)nc(-c2ccsc2)nc1C. The van der Waals surface area contributed by atoms with Gasteiger partial charge in [-0.1, -0.05) is 6.92 Å². The minimum Gasteiger partial charge on any atom is -0.317 e. The number of nitrogens with one attached hydrogen (secondary N) is 1. The maximum absolute atomic E-state index is 4.62. The van der Waals surface area contributed by atoms with Crippen LogP contribution >= 0.6 is 11.3 Å². The molecule has 18 heavy (non-hydrogen) atoms. The fourth-order valence-electron chi connectivity index (χ4n) is 2.01. The van der Waals surface area contributed by atoms with E-state index < -0.39 is 0 Å². The summed E-state index contributed by atoms with van der Waals surface area (Å²) in [6.45, 7) is 8.26. The first-order valence-corrected chi connectivity index (χ1v) is 7.24. The molecule has 1 N–H and O–H groups in total. The van der Waals surface area contributed by atoms with Crippen LogP contribution in [0.4, 0.5) is 0 Å². The van der Waals surface area contributed by atoms with Gasteiger partial charge in [-0.2, -0.15) is 11.3 Å². The Morgan fingerprint density at radius 1 is 1.22 bits per heavy atom. The highest BCUT2D eigenvalue weighted by Gasteiger charge is 2.09. The number of likely N-dealkylation sites (N-methyl/N-ethyl adjacent to an activating group) is 1. The molecule has 0 fully saturated rings. The Hall–Kier alpha value is -1.26. The second-order valence-electron chi connectivity index (χ2n) is 4.31. The van der Waals surface area contributed by atoms with Crippen molar-refractivity contribution < 1.29 is 0 Å². The van der Waals surface area contributed by atoms with Crippen LogP contribution in [0, 0.1) is 13.8 Å². The molecular weight excluding hydrogens is 242 g/mol. The highest BCUT2D eigenvalue weighted by molar-refractivity contribution is 7.08. The molecule has 96 valence electrons. The molecule has 0 aliphatic carbocycles. The summed E-state index contributed by atoms with van der Waals surface area (Å²) in [5.74, 6) is 0.846. The Labute approximate surface area is 112 Å². The summed E-state index contributed by atoms with van der Waals surface area (Å²) in [6, 6.07) is 2.07. The van der Waals surface area contributed by atoms with E-state index in [0.29, 0.717) is 0 Å². The van der Waals surface area contributed by atoms with E-state index in [1.807, 2.05) is 0 Å². The lowest BCUT2D eigenvalue weighted by atomic mass is 10.1. The summed E-state index contributed by atoms with van der Waals surface area (Å²) >= 11 is 1.68. The van der Waals surface area contributed by atoms with Crippen molar-refractivity contribution in [3.63, 3.8) is 0 Å². The molecule has 0 saturated carbocycles. The van der Waals surface area contributed by atoms with Gasteiger partial charge < -0.3 is 5.32 Å². The van der Waals surface area contributed by atoms with Crippen LogP contribution in [-0.2, 0) is 6.42 Å². The zero-order valence-electron chi connectivity index (χ0n) is 11.2. The summed E-state index contributed by atoms with van der Waals surface area (Å²) in [4.78, 5) is 9.25. The quantitative estimate of drug-likeness (QED) is 0.841. The van der Waals surface area contributed by atoms with Crippen LogP contribution in [0.2, 0.25) is 0 Å². The average Bonchev–Trinajstić information content (AvgIpc) is 2.86. The normalized spacial score (nSPS) is 10.8. The van der Waals surface area contributed by atoms with Crippen molar-refractivity contribution >= 4 is 11.3 Å². The summed E-state index contributed by atoms with van der Waals surface area (Å²) in [7, 11) is 0. The Morgan fingerprint density at radius 2 is 1.94 bits per heavy atom. The minimum atomic E-state index is 0.846. The molecule has 0 amide bonds. The van der Waals surface area contributed by atoms with Gasteiger partial charge in [0.1, 0.15) is 0 Å². The van der Waals surface area contributed by atoms with Gasteiger partial charge in [0.05, 0.1) is 0 Å². The number of aromatic nitrogens is 2. The number of thiophene rings is 1. The molecule has 0 atom stereocenters. The Balaban J connectivity index is 2.24. The van der Waals surface area contributed by atoms with E-state index >= 15 is 0 Å². The zero-order chi connectivity index (χ0) is 13.0. The third-order valence-corrected chi connectivity index (χ3v) is 3.69. The lowest BCUT2D eigenvalue weighted by Gasteiger charge is -2.10. The number of aryl methyl sites for hydroxylation is 2. The molecule has 0 spiro atoms. The van der Waals surface area contributed by atoms with Crippen LogP contribution in [0.25, 0.3) is 11.4 Å². The van der Waals surface area contributed by atoms with Crippen LogP contribution in [0.3, 0.4) is 0 Å². The Bertz CT molecular complexity index is 483. The van der Waals surface area contributed by atoms with Gasteiger partial charge in [0.15, 0.2) is 5.82 Å². The van der Waals surface area contributed by atoms with Crippen molar-refractivity contribution in [1.82, 2.24) is 15.3 Å². The average molecular weight is 261 g/mol. The molecule has 3 nitrogen and oxygen atoms in total. The summed E-state index contributed by atoms with van der Waals surface area (Å²) in [5.41, 5.74) is 4.59.